The Morgan fingerprint density at radius 1 is 0.415 bits per heavy atom. The van der Waals surface area contributed by atoms with Crippen molar-refractivity contribution in [3.8, 4) is 5.75 Å². The molecule has 41 heavy (non-hydrogen) atoms. The second-order valence-electron chi connectivity index (χ2n) is 10.5. The molecule has 2 heteroatoms. The first kappa shape index (κ1) is 28.6. The van der Waals surface area contributed by atoms with Crippen LogP contribution in [-0.4, -0.2) is 12.8 Å². The van der Waals surface area contributed by atoms with Gasteiger partial charge in [0, 0.05) is 0 Å². The van der Waals surface area contributed by atoms with Gasteiger partial charge in [-0.15, -0.1) is 0 Å². The third kappa shape index (κ3) is 7.84. The first-order valence-corrected chi connectivity index (χ1v) is 16.8. The van der Waals surface area contributed by atoms with Crippen LogP contribution in [0.2, 0.25) is 0 Å². The van der Waals surface area contributed by atoms with E-state index in [2.05, 4.69) is 152 Å². The summed E-state index contributed by atoms with van der Waals surface area (Å²) in [6, 6.07) is 52.4. The molecule has 0 aliphatic carbocycles. The second kappa shape index (κ2) is 15.2. The van der Waals surface area contributed by atoms with Crippen LogP contribution in [0.25, 0.3) is 12.2 Å². The SMILES string of the molecule is C(=Cc1ccc(OCCCCCCC[P+](c2ccccc2)(c2ccccc2)c2ccccc2)cc1)c1ccccc1. The Hall–Kier alpha value is -3.93. The lowest BCUT2D eigenvalue weighted by molar-refractivity contribution is 0.304. The predicted molar refractivity (Wildman–Crippen MR) is 180 cm³/mol. The van der Waals surface area contributed by atoms with Crippen LogP contribution in [0.4, 0.5) is 0 Å². The number of hydrogen-bond donors (Lipinski definition) is 0. The summed E-state index contributed by atoms with van der Waals surface area (Å²) in [6.07, 6.45) is 11.5. The Morgan fingerprint density at radius 3 is 1.34 bits per heavy atom. The molecule has 5 rings (SSSR count). The third-order valence-electron chi connectivity index (χ3n) is 7.65. The number of unbranched alkanes of at least 4 members (excludes halogenated alkanes) is 4. The summed E-state index contributed by atoms with van der Waals surface area (Å²) in [5, 5.41) is 4.44. The van der Waals surface area contributed by atoms with Crippen LogP contribution in [0.5, 0.6) is 5.75 Å². The van der Waals surface area contributed by atoms with Gasteiger partial charge in [-0.25, -0.2) is 0 Å². The lowest BCUT2D eigenvalue weighted by Crippen LogP contribution is -2.33. The fourth-order valence-electron chi connectivity index (χ4n) is 5.49. The molecule has 0 saturated heterocycles. The van der Waals surface area contributed by atoms with Crippen LogP contribution >= 0.6 is 7.26 Å². The van der Waals surface area contributed by atoms with Crippen molar-refractivity contribution >= 4 is 35.3 Å². The summed E-state index contributed by atoms with van der Waals surface area (Å²) >= 11 is 0. The first-order chi connectivity index (χ1) is 20.3. The van der Waals surface area contributed by atoms with E-state index in [0.717, 1.165) is 18.8 Å². The molecule has 0 spiro atoms. The smallest absolute Gasteiger partial charge is 0.119 e. The van der Waals surface area contributed by atoms with Gasteiger partial charge in [-0.3, -0.25) is 0 Å². The van der Waals surface area contributed by atoms with Crippen LogP contribution in [0.1, 0.15) is 43.2 Å². The van der Waals surface area contributed by atoms with E-state index < -0.39 is 7.26 Å². The monoisotopic (exact) mass is 555 g/mol. The van der Waals surface area contributed by atoms with E-state index in [1.165, 1.54) is 58.9 Å². The maximum absolute atomic E-state index is 6.04. The average molecular weight is 556 g/mol. The van der Waals surface area contributed by atoms with E-state index in [0.29, 0.717) is 0 Å². The van der Waals surface area contributed by atoms with Crippen molar-refractivity contribution in [2.24, 2.45) is 0 Å². The van der Waals surface area contributed by atoms with Gasteiger partial charge in [-0.1, -0.05) is 122 Å². The van der Waals surface area contributed by atoms with Gasteiger partial charge >= 0.3 is 0 Å². The molecule has 0 amide bonds. The highest BCUT2D eigenvalue weighted by Gasteiger charge is 2.44. The minimum atomic E-state index is -1.71. The minimum absolute atomic E-state index is 0.772. The summed E-state index contributed by atoms with van der Waals surface area (Å²) in [5.41, 5.74) is 2.39. The first-order valence-electron chi connectivity index (χ1n) is 14.9. The quantitative estimate of drug-likeness (QED) is 0.0754. The zero-order valence-electron chi connectivity index (χ0n) is 23.8. The fraction of sp³-hybridized carbons (Fsp3) is 0.179. The number of hydrogen-bond acceptors (Lipinski definition) is 1. The van der Waals surface area contributed by atoms with Gasteiger partial charge in [0.05, 0.1) is 12.8 Å². The van der Waals surface area contributed by atoms with Crippen LogP contribution in [0.3, 0.4) is 0 Å². The molecule has 0 fully saturated rings. The molecule has 0 aromatic heterocycles. The lowest BCUT2D eigenvalue weighted by atomic mass is 10.1. The highest BCUT2D eigenvalue weighted by molar-refractivity contribution is 7.95. The van der Waals surface area contributed by atoms with Gasteiger partial charge in [0.15, 0.2) is 0 Å². The van der Waals surface area contributed by atoms with Gasteiger partial charge in [0.1, 0.15) is 28.9 Å². The largest absolute Gasteiger partial charge is 0.494 e. The van der Waals surface area contributed by atoms with Crippen molar-refractivity contribution in [1.82, 2.24) is 0 Å². The summed E-state index contributed by atoms with van der Waals surface area (Å²) in [7, 11) is -1.71. The molecule has 5 aromatic rings. The van der Waals surface area contributed by atoms with Crippen molar-refractivity contribution in [1.29, 1.82) is 0 Å². The summed E-state index contributed by atoms with van der Waals surface area (Å²) in [6.45, 7) is 0.772. The molecule has 5 aromatic carbocycles. The third-order valence-corrected chi connectivity index (χ3v) is 12.2. The van der Waals surface area contributed by atoms with Crippen molar-refractivity contribution in [3.05, 3.63) is 157 Å². The Morgan fingerprint density at radius 2 is 0.829 bits per heavy atom. The highest BCUT2D eigenvalue weighted by Crippen LogP contribution is 2.56. The van der Waals surface area contributed by atoms with E-state index >= 15 is 0 Å². The summed E-state index contributed by atoms with van der Waals surface area (Å²) < 4.78 is 6.04. The van der Waals surface area contributed by atoms with Crippen LogP contribution in [0.15, 0.2) is 146 Å². The van der Waals surface area contributed by atoms with E-state index in [4.69, 9.17) is 4.74 Å². The standard InChI is InChI=1S/C39H40OP/c1(2-16-32-40-36-30-28-35(29-31-36)27-26-34-18-8-4-9-19-34)3-17-33-41(37-20-10-5-11-21-37,38-22-12-6-13-23-38)39-24-14-7-15-25-39/h4-15,18-31H,1-3,16-17,32-33H2/q+1. The molecule has 1 nitrogen and oxygen atoms in total. The van der Waals surface area contributed by atoms with Crippen LogP contribution < -0.4 is 20.7 Å². The maximum Gasteiger partial charge on any atom is 0.119 e. The van der Waals surface area contributed by atoms with Gasteiger partial charge < -0.3 is 4.74 Å². The molecule has 0 bridgehead atoms. The van der Waals surface area contributed by atoms with E-state index in [1.54, 1.807) is 0 Å². The molecule has 206 valence electrons. The fourth-order valence-corrected chi connectivity index (χ4v) is 9.90. The molecule has 0 aliphatic rings. The van der Waals surface area contributed by atoms with Crippen LogP contribution in [0, 0.1) is 0 Å². The lowest BCUT2D eigenvalue weighted by Gasteiger charge is -2.27. The number of ether oxygens (including phenoxy) is 1. The van der Waals surface area contributed by atoms with E-state index in [1.807, 2.05) is 6.07 Å². The summed E-state index contributed by atoms with van der Waals surface area (Å²) in [4.78, 5) is 0. The molecular weight excluding hydrogens is 515 g/mol. The minimum Gasteiger partial charge on any atom is -0.494 e. The molecule has 0 atom stereocenters. The highest BCUT2D eigenvalue weighted by atomic mass is 31.2. The topological polar surface area (TPSA) is 9.23 Å². The Kier molecular flexibility index (Phi) is 10.6. The zero-order chi connectivity index (χ0) is 28.0. The number of benzene rings is 5. The van der Waals surface area contributed by atoms with E-state index in [-0.39, 0.29) is 0 Å². The van der Waals surface area contributed by atoms with Gasteiger partial charge in [0.2, 0.25) is 0 Å². The van der Waals surface area contributed by atoms with Gasteiger partial charge in [-0.05, 0) is 78.9 Å². The number of rotatable bonds is 14. The molecular formula is C39H40OP+. The maximum atomic E-state index is 6.04. The molecule has 0 heterocycles. The molecule has 0 N–H and O–H groups in total. The second-order valence-corrected chi connectivity index (χ2v) is 14.1. The Bertz CT molecular complexity index is 1350. The summed E-state index contributed by atoms with van der Waals surface area (Å²) in [5.74, 6) is 0.949. The Labute approximate surface area is 246 Å². The van der Waals surface area contributed by atoms with Crippen molar-refractivity contribution in [2.75, 3.05) is 12.8 Å². The molecule has 0 aliphatic heterocycles. The molecule has 0 saturated carbocycles. The molecule has 0 unspecified atom stereocenters. The van der Waals surface area contributed by atoms with E-state index in [9.17, 15) is 0 Å². The van der Waals surface area contributed by atoms with Crippen molar-refractivity contribution < 1.29 is 4.74 Å². The van der Waals surface area contributed by atoms with Gasteiger partial charge in [-0.2, -0.15) is 0 Å². The van der Waals surface area contributed by atoms with Crippen LogP contribution in [-0.2, 0) is 0 Å². The normalized spacial score (nSPS) is 11.5. The zero-order valence-corrected chi connectivity index (χ0v) is 24.7. The molecule has 0 radical (unpaired) electrons. The Balaban J connectivity index is 1.11. The van der Waals surface area contributed by atoms with Crippen molar-refractivity contribution in [3.63, 3.8) is 0 Å². The van der Waals surface area contributed by atoms with Gasteiger partial charge in [0.25, 0.3) is 0 Å². The van der Waals surface area contributed by atoms with Crippen molar-refractivity contribution in [2.45, 2.75) is 32.1 Å². The predicted octanol–water partition coefficient (Wildman–Crippen LogP) is 9.18. The average Bonchev–Trinajstić information content (AvgIpc) is 3.05.